The fourth-order valence-electron chi connectivity index (χ4n) is 2.23. The standard InChI is InChI=1S/C19H25N3O/c1-14(2)13-19(23)21-17-7-5-15(6-8-17)20-16-9-11-18(12-10-16)22(3)4/h5-12,14,20H,13H2,1-4H3,(H,21,23). The molecule has 1 amide bonds. The first kappa shape index (κ1) is 16.9. The maximum Gasteiger partial charge on any atom is 0.224 e. The van der Waals surface area contributed by atoms with Gasteiger partial charge in [-0.15, -0.1) is 0 Å². The lowest BCUT2D eigenvalue weighted by Crippen LogP contribution is -2.13. The first-order valence-corrected chi connectivity index (χ1v) is 7.88. The molecule has 2 aromatic carbocycles. The Kier molecular flexibility index (Phi) is 5.63. The second kappa shape index (κ2) is 7.68. The topological polar surface area (TPSA) is 44.4 Å². The van der Waals surface area contributed by atoms with Crippen molar-refractivity contribution < 1.29 is 4.79 Å². The van der Waals surface area contributed by atoms with Crippen LogP contribution in [0.25, 0.3) is 0 Å². The van der Waals surface area contributed by atoms with Gasteiger partial charge in [-0.25, -0.2) is 0 Å². The summed E-state index contributed by atoms with van der Waals surface area (Å²) in [6.45, 7) is 4.07. The van der Waals surface area contributed by atoms with Gasteiger partial charge >= 0.3 is 0 Å². The lowest BCUT2D eigenvalue weighted by atomic mass is 10.1. The number of hydrogen-bond acceptors (Lipinski definition) is 3. The number of nitrogens with one attached hydrogen (secondary N) is 2. The summed E-state index contributed by atoms with van der Waals surface area (Å²) in [7, 11) is 4.05. The lowest BCUT2D eigenvalue weighted by molar-refractivity contribution is -0.116. The van der Waals surface area contributed by atoms with Gasteiger partial charge < -0.3 is 15.5 Å². The number of amides is 1. The van der Waals surface area contributed by atoms with Gasteiger partial charge in [-0.05, 0) is 54.4 Å². The van der Waals surface area contributed by atoms with E-state index in [1.165, 1.54) is 5.69 Å². The van der Waals surface area contributed by atoms with Crippen LogP contribution in [0.5, 0.6) is 0 Å². The van der Waals surface area contributed by atoms with Crippen LogP contribution in [0, 0.1) is 5.92 Å². The van der Waals surface area contributed by atoms with Gasteiger partial charge in [0.15, 0.2) is 0 Å². The molecule has 0 heterocycles. The van der Waals surface area contributed by atoms with Crippen LogP contribution in [-0.4, -0.2) is 20.0 Å². The van der Waals surface area contributed by atoms with Gasteiger partial charge in [0.05, 0.1) is 0 Å². The van der Waals surface area contributed by atoms with Gasteiger partial charge in [0, 0.05) is 43.3 Å². The normalized spacial score (nSPS) is 10.5. The number of rotatable bonds is 6. The molecule has 4 nitrogen and oxygen atoms in total. The number of hydrogen-bond donors (Lipinski definition) is 2. The third kappa shape index (κ3) is 5.33. The van der Waals surface area contributed by atoms with E-state index in [0.29, 0.717) is 12.3 Å². The van der Waals surface area contributed by atoms with Crippen LogP contribution in [-0.2, 0) is 4.79 Å². The van der Waals surface area contributed by atoms with Crippen LogP contribution in [0.3, 0.4) is 0 Å². The highest BCUT2D eigenvalue weighted by Crippen LogP contribution is 2.21. The average Bonchev–Trinajstić information content (AvgIpc) is 2.49. The molecule has 0 aliphatic carbocycles. The molecule has 2 rings (SSSR count). The van der Waals surface area contributed by atoms with Crippen LogP contribution in [0.4, 0.5) is 22.7 Å². The molecule has 0 unspecified atom stereocenters. The smallest absolute Gasteiger partial charge is 0.224 e. The molecule has 0 aromatic heterocycles. The van der Waals surface area contributed by atoms with Crippen LogP contribution in [0.1, 0.15) is 20.3 Å². The summed E-state index contributed by atoms with van der Waals surface area (Å²) in [5.41, 5.74) is 4.01. The molecule has 4 heteroatoms. The number of nitrogens with zero attached hydrogens (tertiary/aromatic N) is 1. The molecule has 0 saturated heterocycles. The highest BCUT2D eigenvalue weighted by molar-refractivity contribution is 5.91. The minimum Gasteiger partial charge on any atom is -0.378 e. The van der Waals surface area contributed by atoms with E-state index in [0.717, 1.165) is 17.1 Å². The first-order valence-electron chi connectivity index (χ1n) is 7.88. The molecule has 0 fully saturated rings. The van der Waals surface area contributed by atoms with E-state index in [4.69, 9.17) is 0 Å². The van der Waals surface area contributed by atoms with E-state index in [2.05, 4.69) is 27.7 Å². The second-order valence-corrected chi connectivity index (χ2v) is 6.29. The largest absolute Gasteiger partial charge is 0.378 e. The molecular weight excluding hydrogens is 286 g/mol. The van der Waals surface area contributed by atoms with E-state index in [9.17, 15) is 4.79 Å². The minimum absolute atomic E-state index is 0.0555. The Balaban J connectivity index is 1.95. The second-order valence-electron chi connectivity index (χ2n) is 6.29. The quantitative estimate of drug-likeness (QED) is 0.826. The van der Waals surface area contributed by atoms with Crippen molar-refractivity contribution in [2.45, 2.75) is 20.3 Å². The molecule has 0 spiro atoms. The fraction of sp³-hybridized carbons (Fsp3) is 0.316. The SMILES string of the molecule is CC(C)CC(=O)Nc1ccc(Nc2ccc(N(C)C)cc2)cc1. The highest BCUT2D eigenvalue weighted by Gasteiger charge is 2.05. The predicted octanol–water partition coefficient (Wildman–Crippen LogP) is 4.48. The minimum atomic E-state index is 0.0555. The Morgan fingerprint density at radius 2 is 1.39 bits per heavy atom. The van der Waals surface area contributed by atoms with Crippen molar-refractivity contribution in [3.63, 3.8) is 0 Å². The molecule has 0 aliphatic rings. The molecule has 2 N–H and O–H groups in total. The number of carbonyl (C=O) groups is 1. The van der Waals surface area contributed by atoms with Crippen molar-refractivity contribution >= 4 is 28.7 Å². The van der Waals surface area contributed by atoms with Gasteiger partial charge in [-0.2, -0.15) is 0 Å². The van der Waals surface area contributed by atoms with Gasteiger partial charge in [-0.3, -0.25) is 4.79 Å². The van der Waals surface area contributed by atoms with Gasteiger partial charge in [0.25, 0.3) is 0 Å². The summed E-state index contributed by atoms with van der Waals surface area (Å²) < 4.78 is 0. The lowest BCUT2D eigenvalue weighted by Gasteiger charge is -2.13. The van der Waals surface area contributed by atoms with Crippen LogP contribution in [0.15, 0.2) is 48.5 Å². The maximum atomic E-state index is 11.8. The van der Waals surface area contributed by atoms with Crippen LogP contribution < -0.4 is 15.5 Å². The summed E-state index contributed by atoms with van der Waals surface area (Å²) in [4.78, 5) is 13.8. The van der Waals surface area contributed by atoms with Crippen molar-refractivity contribution in [1.29, 1.82) is 0 Å². The van der Waals surface area contributed by atoms with E-state index in [1.54, 1.807) is 0 Å². The van der Waals surface area contributed by atoms with E-state index in [1.807, 2.05) is 64.3 Å². The van der Waals surface area contributed by atoms with Gasteiger partial charge in [0.2, 0.25) is 5.91 Å². The van der Waals surface area contributed by atoms with Crippen LogP contribution in [0.2, 0.25) is 0 Å². The molecular formula is C19H25N3O. The Labute approximate surface area is 138 Å². The molecule has 0 bridgehead atoms. The molecule has 0 atom stereocenters. The predicted molar refractivity (Wildman–Crippen MR) is 98.6 cm³/mol. The first-order chi connectivity index (χ1) is 10.9. The molecule has 23 heavy (non-hydrogen) atoms. The molecule has 0 radical (unpaired) electrons. The maximum absolute atomic E-state index is 11.8. The van der Waals surface area contributed by atoms with E-state index >= 15 is 0 Å². The molecule has 0 aliphatic heterocycles. The fourth-order valence-corrected chi connectivity index (χ4v) is 2.23. The average molecular weight is 311 g/mol. The van der Waals surface area contributed by atoms with Gasteiger partial charge in [-0.1, -0.05) is 13.8 Å². The summed E-state index contributed by atoms with van der Waals surface area (Å²) in [5.74, 6) is 0.418. The Hall–Kier alpha value is -2.49. The zero-order valence-corrected chi connectivity index (χ0v) is 14.3. The van der Waals surface area contributed by atoms with Crippen molar-refractivity contribution in [2.24, 2.45) is 5.92 Å². The molecule has 0 saturated carbocycles. The monoisotopic (exact) mass is 311 g/mol. The Morgan fingerprint density at radius 3 is 1.87 bits per heavy atom. The third-order valence-electron chi connectivity index (χ3n) is 3.43. The zero-order valence-electron chi connectivity index (χ0n) is 14.3. The van der Waals surface area contributed by atoms with Crippen molar-refractivity contribution in [3.8, 4) is 0 Å². The molecule has 122 valence electrons. The van der Waals surface area contributed by atoms with Gasteiger partial charge in [0.1, 0.15) is 0 Å². The summed E-state index contributed by atoms with van der Waals surface area (Å²) in [6.07, 6.45) is 0.540. The van der Waals surface area contributed by atoms with Crippen molar-refractivity contribution in [3.05, 3.63) is 48.5 Å². The van der Waals surface area contributed by atoms with E-state index in [-0.39, 0.29) is 5.91 Å². The van der Waals surface area contributed by atoms with E-state index < -0.39 is 0 Å². The van der Waals surface area contributed by atoms with Crippen molar-refractivity contribution in [2.75, 3.05) is 29.6 Å². The summed E-state index contributed by atoms with van der Waals surface area (Å²) in [5, 5.41) is 6.26. The summed E-state index contributed by atoms with van der Waals surface area (Å²) >= 11 is 0. The number of anilines is 4. The Bertz CT molecular complexity index is 631. The van der Waals surface area contributed by atoms with Crippen molar-refractivity contribution in [1.82, 2.24) is 0 Å². The zero-order chi connectivity index (χ0) is 16.8. The highest BCUT2D eigenvalue weighted by atomic mass is 16.1. The Morgan fingerprint density at radius 1 is 0.913 bits per heavy atom. The van der Waals surface area contributed by atoms with Crippen LogP contribution >= 0.6 is 0 Å². The number of benzene rings is 2. The third-order valence-corrected chi connectivity index (χ3v) is 3.43. The summed E-state index contributed by atoms with van der Waals surface area (Å²) in [6, 6.07) is 16.0. The molecule has 2 aromatic rings. The number of carbonyl (C=O) groups excluding carboxylic acids is 1.